The standard InChI is InChI=1S/C13H14ClNO2/c14-11-5-4-9(6-12(11)15)10(7-13(16)17)8-2-1-3-8/h4-6H,1-3,7,15H2,(H,16,17). The van der Waals surface area contributed by atoms with Gasteiger partial charge in [-0.15, -0.1) is 0 Å². The van der Waals surface area contributed by atoms with E-state index in [9.17, 15) is 4.79 Å². The van der Waals surface area contributed by atoms with E-state index in [0.717, 1.165) is 30.4 Å². The van der Waals surface area contributed by atoms with Crippen LogP contribution in [0.15, 0.2) is 23.8 Å². The number of carboxylic acids is 1. The fourth-order valence-electron chi connectivity index (χ4n) is 1.97. The molecule has 1 saturated carbocycles. The molecule has 0 amide bonds. The lowest BCUT2D eigenvalue weighted by molar-refractivity contribution is -0.135. The van der Waals surface area contributed by atoms with Crippen LogP contribution in [0.4, 0.5) is 5.69 Å². The predicted octanol–water partition coefficient (Wildman–Crippen LogP) is 3.33. The Morgan fingerprint density at radius 1 is 1.41 bits per heavy atom. The topological polar surface area (TPSA) is 63.3 Å². The monoisotopic (exact) mass is 251 g/mol. The Bertz CT molecular complexity index is 488. The van der Waals surface area contributed by atoms with E-state index in [-0.39, 0.29) is 6.42 Å². The molecule has 0 spiro atoms. The quantitative estimate of drug-likeness (QED) is 0.810. The van der Waals surface area contributed by atoms with Crippen molar-refractivity contribution in [1.29, 1.82) is 0 Å². The van der Waals surface area contributed by atoms with Crippen LogP contribution in [-0.4, -0.2) is 11.1 Å². The van der Waals surface area contributed by atoms with E-state index < -0.39 is 5.97 Å². The van der Waals surface area contributed by atoms with Crippen molar-refractivity contribution in [2.75, 3.05) is 5.73 Å². The lowest BCUT2D eigenvalue weighted by Crippen LogP contribution is -2.06. The van der Waals surface area contributed by atoms with Crippen LogP contribution in [-0.2, 0) is 4.79 Å². The summed E-state index contributed by atoms with van der Waals surface area (Å²) in [6, 6.07) is 5.31. The number of carbonyl (C=O) groups is 1. The highest BCUT2D eigenvalue weighted by Gasteiger charge is 2.18. The van der Waals surface area contributed by atoms with Crippen molar-refractivity contribution in [3.05, 3.63) is 34.4 Å². The minimum Gasteiger partial charge on any atom is -0.481 e. The second-order valence-corrected chi connectivity index (χ2v) is 4.65. The summed E-state index contributed by atoms with van der Waals surface area (Å²) in [5.41, 5.74) is 9.24. The van der Waals surface area contributed by atoms with E-state index in [0.29, 0.717) is 10.7 Å². The smallest absolute Gasteiger partial charge is 0.307 e. The van der Waals surface area contributed by atoms with E-state index >= 15 is 0 Å². The van der Waals surface area contributed by atoms with Gasteiger partial charge in [-0.1, -0.05) is 23.2 Å². The number of anilines is 1. The number of nitrogens with two attached hydrogens (primary N) is 1. The number of benzene rings is 1. The maximum atomic E-state index is 10.9. The molecule has 0 saturated heterocycles. The van der Waals surface area contributed by atoms with Gasteiger partial charge >= 0.3 is 5.97 Å². The van der Waals surface area contributed by atoms with E-state index in [4.69, 9.17) is 22.4 Å². The average molecular weight is 252 g/mol. The molecule has 0 aliphatic heterocycles. The molecule has 90 valence electrons. The van der Waals surface area contributed by atoms with Crippen LogP contribution in [0.3, 0.4) is 0 Å². The summed E-state index contributed by atoms with van der Waals surface area (Å²) in [6.45, 7) is 0. The van der Waals surface area contributed by atoms with E-state index in [1.807, 2.05) is 6.07 Å². The van der Waals surface area contributed by atoms with Crippen molar-refractivity contribution in [2.45, 2.75) is 25.7 Å². The van der Waals surface area contributed by atoms with Crippen molar-refractivity contribution in [1.82, 2.24) is 0 Å². The zero-order chi connectivity index (χ0) is 12.4. The molecule has 1 aromatic carbocycles. The Kier molecular flexibility index (Phi) is 3.38. The van der Waals surface area contributed by atoms with Crippen LogP contribution in [0.5, 0.6) is 0 Å². The van der Waals surface area contributed by atoms with Crippen molar-refractivity contribution in [2.24, 2.45) is 0 Å². The average Bonchev–Trinajstić information content (AvgIpc) is 2.18. The summed E-state index contributed by atoms with van der Waals surface area (Å²) in [5.74, 6) is -0.812. The summed E-state index contributed by atoms with van der Waals surface area (Å²) in [6.07, 6.45) is 3.17. The van der Waals surface area contributed by atoms with Crippen molar-refractivity contribution in [3.63, 3.8) is 0 Å². The first-order chi connectivity index (χ1) is 8.08. The van der Waals surface area contributed by atoms with Gasteiger partial charge in [-0.3, -0.25) is 4.79 Å². The van der Waals surface area contributed by atoms with Gasteiger partial charge in [0.05, 0.1) is 17.1 Å². The molecule has 4 heteroatoms. The summed E-state index contributed by atoms with van der Waals surface area (Å²) in [5, 5.41) is 9.45. The maximum Gasteiger partial charge on any atom is 0.307 e. The highest BCUT2D eigenvalue weighted by Crippen LogP contribution is 2.36. The van der Waals surface area contributed by atoms with Gasteiger partial charge in [0.25, 0.3) is 0 Å². The van der Waals surface area contributed by atoms with Crippen LogP contribution in [0.25, 0.3) is 5.57 Å². The SMILES string of the molecule is Nc1cc(C(CC(=O)O)=C2CCC2)ccc1Cl. The zero-order valence-electron chi connectivity index (χ0n) is 9.37. The maximum absolute atomic E-state index is 10.9. The molecule has 0 atom stereocenters. The third-order valence-corrected chi connectivity index (χ3v) is 3.40. The Morgan fingerprint density at radius 3 is 2.59 bits per heavy atom. The lowest BCUT2D eigenvalue weighted by Gasteiger charge is -2.22. The van der Waals surface area contributed by atoms with Crippen LogP contribution < -0.4 is 5.73 Å². The molecule has 0 unspecified atom stereocenters. The third-order valence-electron chi connectivity index (χ3n) is 3.06. The summed E-state index contributed by atoms with van der Waals surface area (Å²) in [4.78, 5) is 10.9. The predicted molar refractivity (Wildman–Crippen MR) is 68.9 cm³/mol. The van der Waals surface area contributed by atoms with Crippen LogP contribution in [0.1, 0.15) is 31.2 Å². The Labute approximate surface area is 105 Å². The van der Waals surface area contributed by atoms with E-state index in [1.165, 1.54) is 5.57 Å². The number of allylic oxidation sites excluding steroid dienone is 1. The lowest BCUT2D eigenvalue weighted by atomic mass is 9.84. The molecule has 0 bridgehead atoms. The normalized spacial score (nSPS) is 14.3. The van der Waals surface area contributed by atoms with Gasteiger partial charge in [-0.05, 0) is 42.5 Å². The van der Waals surface area contributed by atoms with Gasteiger partial charge in [0.1, 0.15) is 0 Å². The number of aliphatic carboxylic acids is 1. The van der Waals surface area contributed by atoms with Crippen molar-refractivity contribution >= 4 is 28.8 Å². The fraction of sp³-hybridized carbons (Fsp3) is 0.308. The van der Waals surface area contributed by atoms with Crippen molar-refractivity contribution < 1.29 is 9.90 Å². The van der Waals surface area contributed by atoms with Gasteiger partial charge in [0, 0.05) is 0 Å². The van der Waals surface area contributed by atoms with Gasteiger partial charge in [-0.2, -0.15) is 0 Å². The minimum atomic E-state index is -0.812. The summed E-state index contributed by atoms with van der Waals surface area (Å²) < 4.78 is 0. The molecule has 3 nitrogen and oxygen atoms in total. The molecule has 0 aromatic heterocycles. The highest BCUT2D eigenvalue weighted by atomic mass is 35.5. The Balaban J connectivity index is 2.39. The first-order valence-electron chi connectivity index (χ1n) is 5.56. The molecule has 1 aromatic rings. The first kappa shape index (κ1) is 12.0. The van der Waals surface area contributed by atoms with Crippen LogP contribution >= 0.6 is 11.6 Å². The second-order valence-electron chi connectivity index (χ2n) is 4.24. The summed E-state index contributed by atoms with van der Waals surface area (Å²) in [7, 11) is 0. The second kappa shape index (κ2) is 4.80. The molecule has 1 fully saturated rings. The number of carboxylic acid groups (broad SMARTS) is 1. The number of hydrogen-bond donors (Lipinski definition) is 2. The van der Waals surface area contributed by atoms with Gasteiger partial charge in [0.15, 0.2) is 0 Å². The fourth-order valence-corrected chi connectivity index (χ4v) is 2.09. The van der Waals surface area contributed by atoms with Gasteiger partial charge in [0.2, 0.25) is 0 Å². The van der Waals surface area contributed by atoms with Gasteiger partial charge in [-0.25, -0.2) is 0 Å². The van der Waals surface area contributed by atoms with E-state index in [1.54, 1.807) is 12.1 Å². The van der Waals surface area contributed by atoms with Crippen LogP contribution in [0.2, 0.25) is 5.02 Å². The zero-order valence-corrected chi connectivity index (χ0v) is 10.1. The Hall–Kier alpha value is -1.48. The number of nitrogen functional groups attached to an aromatic ring is 1. The third kappa shape index (κ3) is 2.61. The van der Waals surface area contributed by atoms with Crippen LogP contribution in [0, 0.1) is 0 Å². The molecular formula is C13H14ClNO2. The van der Waals surface area contributed by atoms with Gasteiger partial charge < -0.3 is 10.8 Å². The number of hydrogen-bond acceptors (Lipinski definition) is 2. The van der Waals surface area contributed by atoms with Crippen molar-refractivity contribution in [3.8, 4) is 0 Å². The first-order valence-corrected chi connectivity index (χ1v) is 5.94. The highest BCUT2D eigenvalue weighted by molar-refractivity contribution is 6.33. The minimum absolute atomic E-state index is 0.0520. The molecule has 17 heavy (non-hydrogen) atoms. The molecule has 0 radical (unpaired) electrons. The Morgan fingerprint density at radius 2 is 2.12 bits per heavy atom. The summed E-state index contributed by atoms with van der Waals surface area (Å²) >= 11 is 5.86. The molecule has 1 aliphatic rings. The molecular weight excluding hydrogens is 238 g/mol. The van der Waals surface area contributed by atoms with E-state index in [2.05, 4.69) is 0 Å². The number of rotatable bonds is 3. The molecule has 1 aliphatic carbocycles. The molecule has 2 rings (SSSR count). The number of halogens is 1. The largest absolute Gasteiger partial charge is 0.481 e. The molecule has 3 N–H and O–H groups in total. The molecule has 0 heterocycles.